The summed E-state index contributed by atoms with van der Waals surface area (Å²) in [6.45, 7) is 0.294. The first-order chi connectivity index (χ1) is 9.13. The third kappa shape index (κ3) is 2.66. The van der Waals surface area contributed by atoms with E-state index in [-0.39, 0.29) is 11.7 Å². The van der Waals surface area contributed by atoms with Crippen LogP contribution in [0.15, 0.2) is 17.1 Å². The largest absolute Gasteiger partial charge is 0.297 e. The van der Waals surface area contributed by atoms with E-state index in [4.69, 9.17) is 23.2 Å². The van der Waals surface area contributed by atoms with E-state index in [0.29, 0.717) is 29.4 Å². The number of aromatic nitrogens is 1. The van der Waals surface area contributed by atoms with E-state index in [1.807, 2.05) is 6.21 Å². The fourth-order valence-corrected chi connectivity index (χ4v) is 3.75. The number of carbonyl (C=O) groups is 1. The monoisotopic (exact) mass is 312 g/mol. The fraction of sp³-hybridized carbons (Fsp3) is 0.308. The highest BCUT2D eigenvalue weighted by Crippen LogP contribution is 2.33. The number of hydrogen-bond donors (Lipinski definition) is 0. The van der Waals surface area contributed by atoms with Crippen LogP contribution in [0.3, 0.4) is 0 Å². The molecule has 3 rings (SSSR count). The van der Waals surface area contributed by atoms with Gasteiger partial charge in [0.2, 0.25) is 0 Å². The molecule has 0 amide bonds. The molecule has 0 spiro atoms. The Balaban J connectivity index is 1.91. The van der Waals surface area contributed by atoms with Crippen LogP contribution in [0, 0.1) is 5.92 Å². The average Bonchev–Trinajstić information content (AvgIpc) is 2.75. The first-order valence-electron chi connectivity index (χ1n) is 5.89. The zero-order valence-corrected chi connectivity index (χ0v) is 12.2. The first kappa shape index (κ1) is 13.0. The van der Waals surface area contributed by atoms with Crippen molar-refractivity contribution in [3.63, 3.8) is 0 Å². The molecule has 0 saturated carbocycles. The second kappa shape index (κ2) is 5.19. The van der Waals surface area contributed by atoms with Crippen molar-refractivity contribution < 1.29 is 4.79 Å². The molecule has 0 saturated heterocycles. The van der Waals surface area contributed by atoms with Gasteiger partial charge in [0.05, 0.1) is 26.8 Å². The molecule has 1 aromatic carbocycles. The van der Waals surface area contributed by atoms with Gasteiger partial charge in [-0.05, 0) is 24.8 Å². The van der Waals surface area contributed by atoms with Crippen molar-refractivity contribution in [2.75, 3.05) is 6.54 Å². The van der Waals surface area contributed by atoms with E-state index in [9.17, 15) is 4.79 Å². The molecule has 0 radical (unpaired) electrons. The summed E-state index contributed by atoms with van der Waals surface area (Å²) in [5, 5.41) is 2.12. The highest BCUT2D eigenvalue weighted by atomic mass is 35.5. The van der Waals surface area contributed by atoms with Crippen LogP contribution in [0.4, 0.5) is 0 Å². The van der Waals surface area contributed by atoms with Gasteiger partial charge in [-0.1, -0.05) is 23.2 Å². The highest BCUT2D eigenvalue weighted by molar-refractivity contribution is 7.19. The zero-order valence-electron chi connectivity index (χ0n) is 9.90. The van der Waals surface area contributed by atoms with Gasteiger partial charge in [0, 0.05) is 17.4 Å². The van der Waals surface area contributed by atoms with E-state index in [2.05, 4.69) is 9.98 Å². The summed E-state index contributed by atoms with van der Waals surface area (Å²) in [7, 11) is 0. The predicted molar refractivity (Wildman–Crippen MR) is 79.8 cm³/mol. The molecule has 0 fully saturated rings. The molecule has 19 heavy (non-hydrogen) atoms. The van der Waals surface area contributed by atoms with Crippen molar-refractivity contribution in [1.82, 2.24) is 4.98 Å². The third-order valence-corrected chi connectivity index (χ3v) is 4.85. The van der Waals surface area contributed by atoms with Crippen LogP contribution < -0.4 is 0 Å². The Labute approximate surface area is 124 Å². The molecule has 3 nitrogen and oxygen atoms in total. The lowest BCUT2D eigenvalue weighted by atomic mass is 9.95. The summed E-state index contributed by atoms with van der Waals surface area (Å²) in [5.74, 6) is 0.179. The van der Waals surface area contributed by atoms with Crippen molar-refractivity contribution in [3.05, 3.63) is 27.2 Å². The van der Waals surface area contributed by atoms with E-state index in [0.717, 1.165) is 15.2 Å². The summed E-state index contributed by atoms with van der Waals surface area (Å²) >= 11 is 13.6. The normalized spacial score (nSPS) is 19.3. The molecule has 0 bridgehead atoms. The van der Waals surface area contributed by atoms with Crippen LogP contribution in [0.1, 0.15) is 11.4 Å². The standard InChI is InChI=1S/C13H10Cl2N2OS/c14-8-4-9(15)13-10(5-8)17-12(19-13)3-7-1-2-16-6-11(7)18/h2,4-5,7H,1,3,6H2. The number of fused-ring (bicyclic) bond motifs is 1. The Bertz CT molecular complexity index is 681. The van der Waals surface area contributed by atoms with Gasteiger partial charge in [0.1, 0.15) is 0 Å². The van der Waals surface area contributed by atoms with Gasteiger partial charge in [0.25, 0.3) is 0 Å². The van der Waals surface area contributed by atoms with Crippen molar-refractivity contribution in [1.29, 1.82) is 0 Å². The van der Waals surface area contributed by atoms with E-state index in [1.165, 1.54) is 11.3 Å². The minimum atomic E-state index is -0.00712. The number of benzene rings is 1. The Morgan fingerprint density at radius 1 is 1.37 bits per heavy atom. The van der Waals surface area contributed by atoms with Gasteiger partial charge in [0.15, 0.2) is 5.78 Å². The van der Waals surface area contributed by atoms with Crippen molar-refractivity contribution >= 4 is 56.8 Å². The van der Waals surface area contributed by atoms with Gasteiger partial charge < -0.3 is 0 Å². The number of thiazole rings is 1. The maximum absolute atomic E-state index is 11.8. The summed E-state index contributed by atoms with van der Waals surface area (Å²) in [6, 6.07) is 3.51. The van der Waals surface area contributed by atoms with Gasteiger partial charge in [-0.2, -0.15) is 0 Å². The highest BCUT2D eigenvalue weighted by Gasteiger charge is 2.22. The topological polar surface area (TPSA) is 42.3 Å². The average molecular weight is 313 g/mol. The van der Waals surface area contributed by atoms with Gasteiger partial charge >= 0.3 is 0 Å². The minimum Gasteiger partial charge on any atom is -0.297 e. The molecule has 1 aliphatic heterocycles. The van der Waals surface area contributed by atoms with E-state index < -0.39 is 0 Å². The number of hydrogen-bond acceptors (Lipinski definition) is 4. The number of rotatable bonds is 2. The molecule has 1 atom stereocenters. The Kier molecular flexibility index (Phi) is 3.56. The number of carbonyl (C=O) groups excluding carboxylic acids is 1. The summed E-state index contributed by atoms with van der Waals surface area (Å²) in [5.41, 5.74) is 0.800. The van der Waals surface area contributed by atoms with Crippen LogP contribution in [-0.2, 0) is 11.2 Å². The molecule has 2 aromatic rings. The Morgan fingerprint density at radius 3 is 3.00 bits per heavy atom. The maximum atomic E-state index is 11.8. The van der Waals surface area contributed by atoms with Crippen LogP contribution >= 0.6 is 34.5 Å². The number of Topliss-reactive ketones (excluding diaryl/α,β-unsaturated/α-hetero) is 1. The summed E-state index contributed by atoms with van der Waals surface area (Å²) in [4.78, 5) is 20.3. The number of ketones is 1. The zero-order chi connectivity index (χ0) is 13.4. The molecule has 1 aliphatic rings. The second-order valence-corrected chi connectivity index (χ2v) is 6.40. The summed E-state index contributed by atoms with van der Waals surface area (Å²) < 4.78 is 0.929. The summed E-state index contributed by atoms with van der Waals surface area (Å²) in [6.07, 6.45) is 3.17. The fourth-order valence-electron chi connectivity index (χ4n) is 2.12. The minimum absolute atomic E-state index is 0.00712. The second-order valence-electron chi connectivity index (χ2n) is 4.47. The predicted octanol–water partition coefficient (Wildman–Crippen LogP) is 3.81. The lowest BCUT2D eigenvalue weighted by molar-refractivity contribution is -0.121. The molecule has 2 heterocycles. The molecule has 0 N–H and O–H groups in total. The number of nitrogens with zero attached hydrogens (tertiary/aromatic N) is 2. The van der Waals surface area contributed by atoms with Crippen LogP contribution in [0.5, 0.6) is 0 Å². The molecule has 6 heteroatoms. The Hall–Kier alpha value is -0.970. The smallest absolute Gasteiger partial charge is 0.158 e. The van der Waals surface area contributed by atoms with E-state index >= 15 is 0 Å². The Morgan fingerprint density at radius 2 is 2.21 bits per heavy atom. The van der Waals surface area contributed by atoms with Crippen molar-refractivity contribution in [3.8, 4) is 0 Å². The SMILES string of the molecule is O=C1CN=CCC1Cc1nc2cc(Cl)cc(Cl)c2s1. The molecular formula is C13H10Cl2N2OS. The maximum Gasteiger partial charge on any atom is 0.158 e. The van der Waals surface area contributed by atoms with Gasteiger partial charge in [-0.25, -0.2) is 4.98 Å². The number of halogens is 2. The third-order valence-electron chi connectivity index (χ3n) is 3.10. The van der Waals surface area contributed by atoms with Crippen LogP contribution in [0.2, 0.25) is 10.0 Å². The van der Waals surface area contributed by atoms with E-state index in [1.54, 1.807) is 12.1 Å². The van der Waals surface area contributed by atoms with Crippen molar-refractivity contribution in [2.24, 2.45) is 10.9 Å². The number of aliphatic imine (C=N–C) groups is 1. The molecule has 1 unspecified atom stereocenters. The van der Waals surface area contributed by atoms with Gasteiger partial charge in [-0.3, -0.25) is 9.79 Å². The van der Waals surface area contributed by atoms with Crippen LogP contribution in [0.25, 0.3) is 10.2 Å². The van der Waals surface area contributed by atoms with Crippen molar-refractivity contribution in [2.45, 2.75) is 12.8 Å². The van der Waals surface area contributed by atoms with Gasteiger partial charge in [-0.15, -0.1) is 11.3 Å². The van der Waals surface area contributed by atoms with Crippen LogP contribution in [-0.4, -0.2) is 23.5 Å². The molecule has 0 aliphatic carbocycles. The lowest BCUT2D eigenvalue weighted by Crippen LogP contribution is -2.23. The quantitative estimate of drug-likeness (QED) is 0.846. The first-order valence-corrected chi connectivity index (χ1v) is 7.46. The molecule has 1 aromatic heterocycles. The molecular weight excluding hydrogens is 303 g/mol. The lowest BCUT2D eigenvalue weighted by Gasteiger charge is -2.13. The molecule has 98 valence electrons.